The molecule has 1 aliphatic heterocycles. The molecular formula is C64H37N3O2. The fourth-order valence-corrected chi connectivity index (χ4v) is 10.9. The van der Waals surface area contributed by atoms with Crippen LogP contribution in [0.1, 0.15) is 0 Å². The van der Waals surface area contributed by atoms with Crippen LogP contribution in [0, 0.1) is 0 Å². The van der Waals surface area contributed by atoms with E-state index in [1.807, 2.05) is 42.5 Å². The molecule has 0 aliphatic carbocycles. The van der Waals surface area contributed by atoms with Gasteiger partial charge in [0.2, 0.25) is 0 Å². The van der Waals surface area contributed by atoms with Crippen molar-refractivity contribution in [1.29, 1.82) is 0 Å². The third-order valence-electron chi connectivity index (χ3n) is 14.1. The van der Waals surface area contributed by atoms with Crippen molar-refractivity contribution in [3.05, 3.63) is 224 Å². The van der Waals surface area contributed by atoms with Gasteiger partial charge in [0.1, 0.15) is 22.3 Å². The van der Waals surface area contributed by atoms with E-state index < -0.39 is 0 Å². The molecule has 14 aromatic rings. The number of rotatable bonds is 5. The Labute approximate surface area is 395 Å². The minimum Gasteiger partial charge on any atom is -0.456 e. The van der Waals surface area contributed by atoms with Gasteiger partial charge < -0.3 is 13.4 Å². The minimum absolute atomic E-state index is 0.661. The summed E-state index contributed by atoms with van der Waals surface area (Å²) in [6.07, 6.45) is 0. The maximum Gasteiger partial charge on any atom is 0.160 e. The number of nitrogens with zero attached hydrogens (tertiary/aromatic N) is 3. The summed E-state index contributed by atoms with van der Waals surface area (Å²) in [7, 11) is 0. The van der Waals surface area contributed by atoms with Crippen LogP contribution in [-0.2, 0) is 0 Å². The Kier molecular flexibility index (Phi) is 8.00. The first kappa shape index (κ1) is 37.9. The highest BCUT2D eigenvalue weighted by Gasteiger charge is 2.25. The minimum atomic E-state index is 0.661. The summed E-state index contributed by atoms with van der Waals surface area (Å²) in [6.45, 7) is 0. The van der Waals surface area contributed by atoms with E-state index in [1.165, 1.54) is 38.5 Å². The molecule has 320 valence electrons. The molecule has 0 saturated heterocycles. The van der Waals surface area contributed by atoms with Gasteiger partial charge >= 0.3 is 0 Å². The number of benzene rings is 10. The second-order valence-corrected chi connectivity index (χ2v) is 18.1. The van der Waals surface area contributed by atoms with E-state index in [0.717, 1.165) is 105 Å². The SMILES string of the molecule is c1ccc(-c2nc(-c3cc(-c4ccc5oc6ccccc6c5c4)cc(-c4ccc5oc6ccccc6c5c4)c3)cc(-c3ccc4c(c3)-c3ccccc3-c3cccc5c6ccccc6n-4c35)n2)cc1. The number of para-hydroxylation sites is 4. The predicted octanol–water partition coefficient (Wildman–Crippen LogP) is 17.4. The standard InChI is InChI=1S/C64H37N3O2/c1-2-13-38(14-3-1)64-65-55(41-25-28-58-52(36-41)46-16-5-4-15-45(46)50-20-12-21-51-47-17-6-9-22-57(47)67(58)63(50)51)37-56(66-64)44-32-42(39-26-29-61-53(34-39)48-18-7-10-23-59(48)68-61)31-43(33-44)40-27-30-62-54(35-40)49-19-8-11-24-60(49)69-62/h1-37H. The van der Waals surface area contributed by atoms with Crippen molar-refractivity contribution in [3.8, 4) is 84.1 Å². The van der Waals surface area contributed by atoms with E-state index in [2.05, 4.69) is 187 Å². The quantitative estimate of drug-likeness (QED) is 0.173. The summed E-state index contributed by atoms with van der Waals surface area (Å²) in [5.74, 6) is 0.661. The molecule has 5 nitrogen and oxygen atoms in total. The second-order valence-electron chi connectivity index (χ2n) is 18.1. The molecule has 4 aromatic heterocycles. The first-order valence-corrected chi connectivity index (χ1v) is 23.4. The van der Waals surface area contributed by atoms with Crippen LogP contribution in [0.25, 0.3) is 150 Å². The molecule has 0 amide bonds. The van der Waals surface area contributed by atoms with Crippen LogP contribution in [-0.4, -0.2) is 14.5 Å². The smallest absolute Gasteiger partial charge is 0.160 e. The molecule has 0 unspecified atom stereocenters. The molecule has 5 heteroatoms. The van der Waals surface area contributed by atoms with Gasteiger partial charge in [0.25, 0.3) is 0 Å². The zero-order valence-corrected chi connectivity index (χ0v) is 37.0. The Morgan fingerprint density at radius 1 is 0.290 bits per heavy atom. The van der Waals surface area contributed by atoms with Crippen LogP contribution in [0.4, 0.5) is 0 Å². The average molecular weight is 880 g/mol. The van der Waals surface area contributed by atoms with Crippen molar-refractivity contribution in [2.45, 2.75) is 0 Å². The summed E-state index contributed by atoms with van der Waals surface area (Å²) in [5, 5.41) is 6.85. The fourth-order valence-electron chi connectivity index (χ4n) is 10.9. The molecule has 0 fully saturated rings. The molecule has 15 rings (SSSR count). The van der Waals surface area contributed by atoms with Crippen molar-refractivity contribution in [3.63, 3.8) is 0 Å². The molecular weight excluding hydrogens is 843 g/mol. The van der Waals surface area contributed by atoms with Crippen LogP contribution in [0.2, 0.25) is 0 Å². The molecule has 69 heavy (non-hydrogen) atoms. The lowest BCUT2D eigenvalue weighted by atomic mass is 9.92. The lowest BCUT2D eigenvalue weighted by molar-refractivity contribution is 0.668. The summed E-state index contributed by atoms with van der Waals surface area (Å²) < 4.78 is 15.0. The van der Waals surface area contributed by atoms with E-state index >= 15 is 0 Å². The van der Waals surface area contributed by atoms with Gasteiger partial charge in [-0.1, -0.05) is 146 Å². The molecule has 10 aromatic carbocycles. The van der Waals surface area contributed by atoms with Crippen LogP contribution in [0.5, 0.6) is 0 Å². The molecule has 5 heterocycles. The lowest BCUT2D eigenvalue weighted by Crippen LogP contribution is -1.99. The lowest BCUT2D eigenvalue weighted by Gasteiger charge is -2.16. The number of fused-ring (bicyclic) bond motifs is 14. The summed E-state index contributed by atoms with van der Waals surface area (Å²) in [5.41, 5.74) is 20.7. The average Bonchev–Trinajstić information content (AvgIpc) is 4.07. The van der Waals surface area contributed by atoms with Gasteiger partial charge in [0.05, 0.1) is 28.1 Å². The Morgan fingerprint density at radius 3 is 1.51 bits per heavy atom. The third kappa shape index (κ3) is 5.84. The highest BCUT2D eigenvalue weighted by Crippen LogP contribution is 2.48. The zero-order chi connectivity index (χ0) is 45.2. The summed E-state index contributed by atoms with van der Waals surface area (Å²) >= 11 is 0. The maximum absolute atomic E-state index is 6.29. The first-order chi connectivity index (χ1) is 34.2. The van der Waals surface area contributed by atoms with E-state index in [-0.39, 0.29) is 0 Å². The van der Waals surface area contributed by atoms with Crippen molar-refractivity contribution in [1.82, 2.24) is 14.5 Å². The zero-order valence-electron chi connectivity index (χ0n) is 37.0. The predicted molar refractivity (Wildman–Crippen MR) is 283 cm³/mol. The van der Waals surface area contributed by atoms with Gasteiger partial charge in [-0.2, -0.15) is 0 Å². The number of furan rings is 2. The Morgan fingerprint density at radius 2 is 0.812 bits per heavy atom. The van der Waals surface area contributed by atoms with Crippen molar-refractivity contribution >= 4 is 65.7 Å². The van der Waals surface area contributed by atoms with Crippen LogP contribution < -0.4 is 0 Å². The van der Waals surface area contributed by atoms with Crippen LogP contribution in [0.15, 0.2) is 233 Å². The van der Waals surface area contributed by atoms with E-state index in [0.29, 0.717) is 5.82 Å². The van der Waals surface area contributed by atoms with Gasteiger partial charge in [0.15, 0.2) is 5.82 Å². The summed E-state index contributed by atoms with van der Waals surface area (Å²) in [4.78, 5) is 10.8. The molecule has 0 spiro atoms. The molecule has 0 bridgehead atoms. The Bertz CT molecular complexity index is 4310. The monoisotopic (exact) mass is 879 g/mol. The first-order valence-electron chi connectivity index (χ1n) is 23.4. The van der Waals surface area contributed by atoms with Crippen molar-refractivity contribution < 1.29 is 8.83 Å². The van der Waals surface area contributed by atoms with Crippen molar-refractivity contribution in [2.24, 2.45) is 0 Å². The molecule has 0 N–H and O–H groups in total. The normalized spacial score (nSPS) is 12.1. The van der Waals surface area contributed by atoms with Crippen LogP contribution in [0.3, 0.4) is 0 Å². The summed E-state index contributed by atoms with van der Waals surface area (Å²) in [6, 6.07) is 79.9. The third-order valence-corrected chi connectivity index (χ3v) is 14.1. The van der Waals surface area contributed by atoms with Crippen molar-refractivity contribution in [2.75, 3.05) is 0 Å². The van der Waals surface area contributed by atoms with Gasteiger partial charge in [-0.3, -0.25) is 0 Å². The highest BCUT2D eigenvalue weighted by atomic mass is 16.3. The van der Waals surface area contributed by atoms with Gasteiger partial charge in [-0.05, 0) is 112 Å². The largest absolute Gasteiger partial charge is 0.456 e. The highest BCUT2D eigenvalue weighted by molar-refractivity contribution is 6.16. The number of hydrogen-bond acceptors (Lipinski definition) is 4. The number of hydrogen-bond donors (Lipinski definition) is 0. The molecule has 0 radical (unpaired) electrons. The van der Waals surface area contributed by atoms with E-state index in [4.69, 9.17) is 18.8 Å². The van der Waals surface area contributed by atoms with Crippen LogP contribution >= 0.6 is 0 Å². The Balaban J connectivity index is 0.960. The fraction of sp³-hybridized carbons (Fsp3) is 0. The van der Waals surface area contributed by atoms with E-state index in [1.54, 1.807) is 0 Å². The Hall–Kier alpha value is -9.32. The number of aromatic nitrogens is 3. The van der Waals surface area contributed by atoms with Gasteiger partial charge in [-0.25, -0.2) is 9.97 Å². The van der Waals surface area contributed by atoms with Gasteiger partial charge in [0, 0.05) is 60.1 Å². The molecule has 0 atom stereocenters. The van der Waals surface area contributed by atoms with E-state index in [9.17, 15) is 0 Å². The van der Waals surface area contributed by atoms with Gasteiger partial charge in [-0.15, -0.1) is 0 Å². The molecule has 1 aliphatic rings. The maximum atomic E-state index is 6.29. The molecule has 0 saturated carbocycles. The second kappa shape index (κ2) is 14.6. The topological polar surface area (TPSA) is 57.0 Å².